The lowest BCUT2D eigenvalue weighted by atomic mass is 10.1. The maximum absolute atomic E-state index is 12.3. The molecule has 31 heavy (non-hydrogen) atoms. The number of amides is 2. The topological polar surface area (TPSA) is 96.7 Å². The molecule has 1 saturated heterocycles. The van der Waals surface area contributed by atoms with E-state index in [0.717, 1.165) is 38.4 Å². The van der Waals surface area contributed by atoms with E-state index < -0.39 is 0 Å². The van der Waals surface area contributed by atoms with Crippen molar-refractivity contribution in [2.24, 2.45) is 0 Å². The summed E-state index contributed by atoms with van der Waals surface area (Å²) in [4.78, 5) is 31.0. The first-order chi connectivity index (χ1) is 15.2. The van der Waals surface area contributed by atoms with Gasteiger partial charge in [-0.3, -0.25) is 19.8 Å². The monoisotopic (exact) mass is 440 g/mol. The van der Waals surface area contributed by atoms with Gasteiger partial charge < -0.3 is 14.5 Å². The third-order valence-electron chi connectivity index (χ3n) is 4.85. The largest absolute Gasteiger partial charge is 0.459 e. The fourth-order valence-corrected chi connectivity index (χ4v) is 4.00. The number of furan rings is 1. The smallest absolute Gasteiger partial charge is 0.293 e. The fraction of sp³-hybridized carbons (Fsp3) is 0.318. The molecule has 1 fully saturated rings. The number of nitrogens with zero attached hydrogens (tertiary/aromatic N) is 2. The van der Waals surface area contributed by atoms with Crippen LogP contribution in [0.15, 0.2) is 52.5 Å². The van der Waals surface area contributed by atoms with Crippen LogP contribution >= 0.6 is 11.3 Å². The van der Waals surface area contributed by atoms with Gasteiger partial charge in [0.1, 0.15) is 0 Å². The van der Waals surface area contributed by atoms with Gasteiger partial charge in [0.2, 0.25) is 5.91 Å². The van der Waals surface area contributed by atoms with Gasteiger partial charge in [-0.15, -0.1) is 11.3 Å². The zero-order valence-electron chi connectivity index (χ0n) is 17.0. The molecule has 3 heterocycles. The first-order valence-corrected chi connectivity index (χ1v) is 11.0. The maximum atomic E-state index is 12.3. The molecule has 0 aliphatic carbocycles. The second kappa shape index (κ2) is 10.3. The van der Waals surface area contributed by atoms with Crippen LogP contribution in [0.3, 0.4) is 0 Å². The van der Waals surface area contributed by atoms with E-state index in [1.165, 1.54) is 23.2 Å². The SMILES string of the molecule is O=C(Cc1csc(NC(=O)c2ccco2)n1)NCc1cccc(CN2CCOCC2)c1. The molecule has 0 atom stereocenters. The average molecular weight is 441 g/mol. The number of thiazole rings is 1. The van der Waals surface area contributed by atoms with Crippen molar-refractivity contribution in [1.29, 1.82) is 0 Å². The lowest BCUT2D eigenvalue weighted by Crippen LogP contribution is -2.35. The number of carbonyl (C=O) groups is 2. The van der Waals surface area contributed by atoms with Crippen molar-refractivity contribution in [2.75, 3.05) is 31.6 Å². The molecule has 3 aromatic rings. The zero-order valence-corrected chi connectivity index (χ0v) is 17.8. The molecule has 2 N–H and O–H groups in total. The molecule has 8 nitrogen and oxygen atoms in total. The zero-order chi connectivity index (χ0) is 21.5. The van der Waals surface area contributed by atoms with Gasteiger partial charge in [0.15, 0.2) is 10.9 Å². The summed E-state index contributed by atoms with van der Waals surface area (Å²) in [7, 11) is 0. The van der Waals surface area contributed by atoms with Gasteiger partial charge in [-0.25, -0.2) is 4.98 Å². The number of hydrogen-bond acceptors (Lipinski definition) is 7. The van der Waals surface area contributed by atoms with Crippen LogP contribution < -0.4 is 10.6 Å². The minimum atomic E-state index is -0.368. The standard InChI is InChI=1S/C22H24N4O4S/c27-20(12-18-15-31-22(24-18)25-21(28)19-5-2-8-30-19)23-13-16-3-1-4-17(11-16)14-26-6-9-29-10-7-26/h1-5,8,11,15H,6-7,9-10,12-14H2,(H,23,27)(H,24,25,28). The molecule has 9 heteroatoms. The molecule has 1 aromatic carbocycles. The summed E-state index contributed by atoms with van der Waals surface area (Å²) in [6, 6.07) is 11.5. The third-order valence-corrected chi connectivity index (χ3v) is 5.66. The van der Waals surface area contributed by atoms with Crippen LogP contribution in [0, 0.1) is 0 Å². The van der Waals surface area contributed by atoms with Crippen molar-refractivity contribution in [2.45, 2.75) is 19.5 Å². The van der Waals surface area contributed by atoms with Crippen molar-refractivity contribution >= 4 is 28.3 Å². The second-order valence-corrected chi connectivity index (χ2v) is 8.10. The minimum Gasteiger partial charge on any atom is -0.459 e. The van der Waals surface area contributed by atoms with Crippen LogP contribution in [-0.2, 0) is 29.0 Å². The molecule has 0 radical (unpaired) electrons. The highest BCUT2D eigenvalue weighted by atomic mass is 32.1. The summed E-state index contributed by atoms with van der Waals surface area (Å²) in [5.74, 6) is -0.273. The minimum absolute atomic E-state index is 0.118. The molecule has 2 aromatic heterocycles. The molecule has 0 spiro atoms. The molecule has 1 aliphatic rings. The van der Waals surface area contributed by atoms with Crippen LogP contribution in [0.1, 0.15) is 27.4 Å². The van der Waals surface area contributed by atoms with Gasteiger partial charge in [-0.1, -0.05) is 24.3 Å². The summed E-state index contributed by atoms with van der Waals surface area (Å²) in [5, 5.41) is 7.80. The second-order valence-electron chi connectivity index (χ2n) is 7.24. The predicted molar refractivity (Wildman–Crippen MR) is 117 cm³/mol. The molecule has 0 saturated carbocycles. The highest BCUT2D eigenvalue weighted by Crippen LogP contribution is 2.17. The Morgan fingerprint density at radius 2 is 1.97 bits per heavy atom. The van der Waals surface area contributed by atoms with Crippen LogP contribution in [0.2, 0.25) is 0 Å². The molecule has 0 bridgehead atoms. The van der Waals surface area contributed by atoms with Crippen molar-refractivity contribution in [3.63, 3.8) is 0 Å². The number of anilines is 1. The Balaban J connectivity index is 1.24. The van der Waals surface area contributed by atoms with Crippen molar-refractivity contribution < 1.29 is 18.7 Å². The summed E-state index contributed by atoms with van der Waals surface area (Å²) in [6.07, 6.45) is 1.59. The summed E-state index contributed by atoms with van der Waals surface area (Å²) in [6.45, 7) is 4.79. The summed E-state index contributed by atoms with van der Waals surface area (Å²) >= 11 is 1.27. The Labute approximate surface area is 184 Å². The molecular weight excluding hydrogens is 416 g/mol. The highest BCUT2D eigenvalue weighted by molar-refractivity contribution is 7.14. The van der Waals surface area contributed by atoms with Crippen LogP contribution in [-0.4, -0.2) is 48.0 Å². The van der Waals surface area contributed by atoms with Crippen LogP contribution in [0.5, 0.6) is 0 Å². The number of ether oxygens (including phenoxy) is 1. The van der Waals surface area contributed by atoms with E-state index in [9.17, 15) is 9.59 Å². The summed E-state index contributed by atoms with van der Waals surface area (Å²) < 4.78 is 10.4. The molecular formula is C22H24N4O4S. The lowest BCUT2D eigenvalue weighted by molar-refractivity contribution is -0.120. The number of hydrogen-bond donors (Lipinski definition) is 2. The number of morpholine rings is 1. The highest BCUT2D eigenvalue weighted by Gasteiger charge is 2.13. The van der Waals surface area contributed by atoms with Gasteiger partial charge in [-0.05, 0) is 23.3 Å². The molecule has 1 aliphatic heterocycles. The van der Waals surface area contributed by atoms with Crippen molar-refractivity contribution in [3.8, 4) is 0 Å². The number of aromatic nitrogens is 1. The van der Waals surface area contributed by atoms with E-state index in [0.29, 0.717) is 17.4 Å². The van der Waals surface area contributed by atoms with Crippen LogP contribution in [0.4, 0.5) is 5.13 Å². The first-order valence-electron chi connectivity index (χ1n) is 10.1. The number of rotatable bonds is 8. The van der Waals surface area contributed by atoms with Gasteiger partial charge >= 0.3 is 0 Å². The number of nitrogens with one attached hydrogen (secondary N) is 2. The Bertz CT molecular complexity index is 1010. The van der Waals surface area contributed by atoms with Crippen molar-refractivity contribution in [3.05, 3.63) is 70.6 Å². The van der Waals surface area contributed by atoms with E-state index in [1.54, 1.807) is 17.5 Å². The maximum Gasteiger partial charge on any atom is 0.293 e. The van der Waals surface area contributed by atoms with Gasteiger partial charge in [0.25, 0.3) is 5.91 Å². The quantitative estimate of drug-likeness (QED) is 0.559. The normalized spacial score (nSPS) is 14.3. The van der Waals surface area contributed by atoms with E-state index in [1.807, 2.05) is 12.1 Å². The summed E-state index contributed by atoms with van der Waals surface area (Å²) in [5.41, 5.74) is 2.90. The Kier molecular flexibility index (Phi) is 7.08. The first kappa shape index (κ1) is 21.2. The van der Waals surface area contributed by atoms with E-state index >= 15 is 0 Å². The third kappa shape index (κ3) is 6.24. The van der Waals surface area contributed by atoms with Gasteiger partial charge in [0.05, 0.1) is 31.6 Å². The van der Waals surface area contributed by atoms with Gasteiger partial charge in [0, 0.05) is 31.6 Å². The Morgan fingerprint density at radius 3 is 2.77 bits per heavy atom. The number of carbonyl (C=O) groups excluding carboxylic acids is 2. The Hall–Kier alpha value is -3.01. The van der Waals surface area contributed by atoms with Crippen LogP contribution in [0.25, 0.3) is 0 Å². The Morgan fingerprint density at radius 1 is 1.13 bits per heavy atom. The average Bonchev–Trinajstić information content (AvgIpc) is 3.46. The molecule has 2 amide bonds. The van der Waals surface area contributed by atoms with E-state index in [-0.39, 0.29) is 24.0 Å². The van der Waals surface area contributed by atoms with E-state index in [4.69, 9.17) is 9.15 Å². The van der Waals surface area contributed by atoms with E-state index in [2.05, 4.69) is 32.7 Å². The van der Waals surface area contributed by atoms with Crippen molar-refractivity contribution in [1.82, 2.24) is 15.2 Å². The predicted octanol–water partition coefficient (Wildman–Crippen LogP) is 2.68. The van der Waals surface area contributed by atoms with Gasteiger partial charge in [-0.2, -0.15) is 0 Å². The molecule has 0 unspecified atom stereocenters. The molecule has 4 rings (SSSR count). The lowest BCUT2D eigenvalue weighted by Gasteiger charge is -2.26. The fourth-order valence-electron chi connectivity index (χ4n) is 3.30. The number of benzene rings is 1. The molecule has 162 valence electrons.